The molecule has 184 valence electrons. The molecule has 9 nitrogen and oxygen atoms in total. The molecule has 1 saturated heterocycles. The van der Waals surface area contributed by atoms with Crippen molar-refractivity contribution in [1.82, 2.24) is 10.4 Å². The average Bonchev–Trinajstić information content (AvgIpc) is 3.20. The van der Waals surface area contributed by atoms with Gasteiger partial charge in [-0.15, -0.1) is 0 Å². The number of hydrogen-bond acceptors (Lipinski definition) is 6. The SMILES string of the molecule is COc1ccccc1C(=O)NN(C(=O)c1ccccc1OC)C1CC(=O)N(c2ccc(C)cc2)C1=O. The Morgan fingerprint density at radius 3 is 2.03 bits per heavy atom. The second-order valence-electron chi connectivity index (χ2n) is 8.14. The Morgan fingerprint density at radius 1 is 0.861 bits per heavy atom. The fourth-order valence-corrected chi connectivity index (χ4v) is 4.01. The van der Waals surface area contributed by atoms with Crippen LogP contribution < -0.4 is 19.8 Å². The van der Waals surface area contributed by atoms with Crippen molar-refractivity contribution >= 4 is 29.3 Å². The molecule has 9 heteroatoms. The number of aryl methyl sites for hydroxylation is 1. The summed E-state index contributed by atoms with van der Waals surface area (Å²) in [7, 11) is 2.83. The summed E-state index contributed by atoms with van der Waals surface area (Å²) in [4.78, 5) is 54.4. The van der Waals surface area contributed by atoms with Crippen molar-refractivity contribution in [2.45, 2.75) is 19.4 Å². The van der Waals surface area contributed by atoms with Crippen LogP contribution in [0.15, 0.2) is 72.8 Å². The predicted molar refractivity (Wildman–Crippen MR) is 132 cm³/mol. The highest BCUT2D eigenvalue weighted by Crippen LogP contribution is 2.28. The van der Waals surface area contributed by atoms with Gasteiger partial charge in [-0.3, -0.25) is 24.6 Å². The van der Waals surface area contributed by atoms with Gasteiger partial charge in [0, 0.05) is 0 Å². The fraction of sp³-hybridized carbons (Fsp3) is 0.185. The van der Waals surface area contributed by atoms with Gasteiger partial charge >= 0.3 is 0 Å². The Balaban J connectivity index is 1.73. The first kappa shape index (κ1) is 24.5. The maximum atomic E-state index is 13.7. The molecule has 0 bridgehead atoms. The van der Waals surface area contributed by atoms with Crippen LogP contribution in [0.25, 0.3) is 0 Å². The van der Waals surface area contributed by atoms with E-state index in [1.807, 2.05) is 6.92 Å². The van der Waals surface area contributed by atoms with E-state index in [0.29, 0.717) is 5.69 Å². The third-order valence-electron chi connectivity index (χ3n) is 5.86. The molecule has 4 amide bonds. The van der Waals surface area contributed by atoms with Crippen LogP contribution >= 0.6 is 0 Å². The number of rotatable bonds is 6. The lowest BCUT2D eigenvalue weighted by molar-refractivity contribution is -0.122. The predicted octanol–water partition coefficient (Wildman–Crippen LogP) is 3.13. The van der Waals surface area contributed by atoms with Crippen LogP contribution in [0.4, 0.5) is 5.69 Å². The van der Waals surface area contributed by atoms with E-state index in [0.717, 1.165) is 15.5 Å². The van der Waals surface area contributed by atoms with Gasteiger partial charge in [0.25, 0.3) is 17.7 Å². The molecule has 1 heterocycles. The Hall–Kier alpha value is -4.66. The van der Waals surface area contributed by atoms with E-state index in [2.05, 4.69) is 5.43 Å². The number of ether oxygens (including phenoxy) is 2. The molecule has 1 unspecified atom stereocenters. The molecule has 3 aromatic rings. The van der Waals surface area contributed by atoms with Crippen LogP contribution in [-0.2, 0) is 9.59 Å². The van der Waals surface area contributed by atoms with Gasteiger partial charge in [-0.25, -0.2) is 9.91 Å². The van der Waals surface area contributed by atoms with Crippen molar-refractivity contribution in [1.29, 1.82) is 0 Å². The number of amides is 4. The van der Waals surface area contributed by atoms with E-state index < -0.39 is 29.7 Å². The largest absolute Gasteiger partial charge is 0.496 e. The highest BCUT2D eigenvalue weighted by atomic mass is 16.5. The summed E-state index contributed by atoms with van der Waals surface area (Å²) < 4.78 is 10.6. The number of methoxy groups -OCH3 is 2. The van der Waals surface area contributed by atoms with Gasteiger partial charge in [0.15, 0.2) is 0 Å². The molecular formula is C27H25N3O6. The topological polar surface area (TPSA) is 105 Å². The van der Waals surface area contributed by atoms with E-state index in [9.17, 15) is 19.2 Å². The summed E-state index contributed by atoms with van der Waals surface area (Å²) in [6.45, 7) is 1.89. The Kier molecular flexibility index (Phi) is 7.00. The smallest absolute Gasteiger partial charge is 0.276 e. The number of imide groups is 1. The monoisotopic (exact) mass is 487 g/mol. The molecule has 1 N–H and O–H groups in total. The fourth-order valence-electron chi connectivity index (χ4n) is 4.01. The quantitative estimate of drug-likeness (QED) is 0.423. The summed E-state index contributed by atoms with van der Waals surface area (Å²) >= 11 is 0. The molecule has 0 aromatic heterocycles. The molecular weight excluding hydrogens is 462 g/mol. The van der Waals surface area contributed by atoms with Crippen LogP contribution in [0.3, 0.4) is 0 Å². The lowest BCUT2D eigenvalue weighted by atomic mass is 10.1. The van der Waals surface area contributed by atoms with E-state index in [1.54, 1.807) is 60.7 Å². The number of benzene rings is 3. The van der Waals surface area contributed by atoms with Crippen molar-refractivity contribution in [2.75, 3.05) is 19.1 Å². The van der Waals surface area contributed by atoms with Crippen molar-refractivity contribution in [3.63, 3.8) is 0 Å². The van der Waals surface area contributed by atoms with Gasteiger partial charge in [-0.2, -0.15) is 0 Å². The summed E-state index contributed by atoms with van der Waals surface area (Å²) in [5.41, 5.74) is 4.17. The minimum atomic E-state index is -1.27. The molecule has 0 aliphatic carbocycles. The Labute approximate surface area is 208 Å². The number of nitrogens with one attached hydrogen (secondary N) is 1. The number of nitrogens with zero attached hydrogens (tertiary/aromatic N) is 2. The average molecular weight is 488 g/mol. The molecule has 4 rings (SSSR count). The van der Waals surface area contributed by atoms with Gasteiger partial charge in [0.1, 0.15) is 17.5 Å². The van der Waals surface area contributed by atoms with Crippen LogP contribution in [0.2, 0.25) is 0 Å². The molecule has 1 aliphatic rings. The zero-order chi connectivity index (χ0) is 25.8. The number of carbonyl (C=O) groups excluding carboxylic acids is 4. The summed E-state index contributed by atoms with van der Waals surface area (Å²) in [5.74, 6) is -1.95. The first-order chi connectivity index (χ1) is 17.3. The number of carbonyl (C=O) groups is 4. The number of anilines is 1. The molecule has 3 aromatic carbocycles. The van der Waals surface area contributed by atoms with Crippen LogP contribution in [0.1, 0.15) is 32.7 Å². The van der Waals surface area contributed by atoms with Crippen molar-refractivity contribution in [2.24, 2.45) is 0 Å². The molecule has 36 heavy (non-hydrogen) atoms. The first-order valence-corrected chi connectivity index (χ1v) is 11.2. The van der Waals surface area contributed by atoms with Gasteiger partial charge in [0.05, 0.1) is 37.5 Å². The summed E-state index contributed by atoms with van der Waals surface area (Å²) in [6.07, 6.45) is -0.306. The third kappa shape index (κ3) is 4.63. The number of para-hydroxylation sites is 2. The zero-order valence-corrected chi connectivity index (χ0v) is 20.1. The lowest BCUT2D eigenvalue weighted by Crippen LogP contribution is -2.54. The van der Waals surface area contributed by atoms with Gasteiger partial charge in [-0.05, 0) is 43.3 Å². The standard InChI is InChI=1S/C27H25N3O6/c1-17-12-14-18(15-13-17)29-24(31)16-21(27(29)34)30(26(33)20-9-5-7-11-23(20)36-3)28-25(32)19-8-4-6-10-22(19)35-2/h4-15,21H,16H2,1-3H3,(H,28,32). The Morgan fingerprint density at radius 2 is 1.42 bits per heavy atom. The van der Waals surface area contributed by atoms with Crippen molar-refractivity contribution in [3.05, 3.63) is 89.5 Å². The van der Waals surface area contributed by atoms with E-state index in [4.69, 9.17) is 9.47 Å². The highest BCUT2D eigenvalue weighted by molar-refractivity contribution is 6.23. The first-order valence-electron chi connectivity index (χ1n) is 11.2. The normalized spacial score (nSPS) is 15.0. The van der Waals surface area contributed by atoms with Crippen LogP contribution in [-0.4, -0.2) is 48.9 Å². The minimum Gasteiger partial charge on any atom is -0.496 e. The number of hydrazine groups is 1. The highest BCUT2D eigenvalue weighted by Gasteiger charge is 2.46. The van der Waals surface area contributed by atoms with Gasteiger partial charge in [-0.1, -0.05) is 42.0 Å². The second kappa shape index (κ2) is 10.3. The summed E-state index contributed by atoms with van der Waals surface area (Å²) in [6, 6.07) is 18.5. The molecule has 0 spiro atoms. The molecule has 1 atom stereocenters. The van der Waals surface area contributed by atoms with Crippen molar-refractivity contribution in [3.8, 4) is 11.5 Å². The number of hydrogen-bond donors (Lipinski definition) is 1. The zero-order valence-electron chi connectivity index (χ0n) is 20.1. The maximum absolute atomic E-state index is 13.7. The Bertz CT molecular complexity index is 1320. The molecule has 0 saturated carbocycles. The molecule has 1 fully saturated rings. The lowest BCUT2D eigenvalue weighted by Gasteiger charge is -2.28. The molecule has 1 aliphatic heterocycles. The summed E-state index contributed by atoms with van der Waals surface area (Å²) in [5, 5.41) is 0.904. The molecule has 0 radical (unpaired) electrons. The van der Waals surface area contributed by atoms with E-state index >= 15 is 0 Å². The van der Waals surface area contributed by atoms with Crippen molar-refractivity contribution < 1.29 is 28.7 Å². The van der Waals surface area contributed by atoms with Gasteiger partial charge < -0.3 is 9.47 Å². The van der Waals surface area contributed by atoms with Gasteiger partial charge in [0.2, 0.25) is 5.91 Å². The van der Waals surface area contributed by atoms with Crippen LogP contribution in [0.5, 0.6) is 11.5 Å². The second-order valence-corrected chi connectivity index (χ2v) is 8.14. The minimum absolute atomic E-state index is 0.120. The van der Waals surface area contributed by atoms with E-state index in [1.165, 1.54) is 26.4 Å². The maximum Gasteiger partial charge on any atom is 0.276 e. The van der Waals surface area contributed by atoms with E-state index in [-0.39, 0.29) is 29.0 Å². The van der Waals surface area contributed by atoms with Crippen LogP contribution in [0, 0.1) is 6.92 Å². The third-order valence-corrected chi connectivity index (χ3v) is 5.86.